The van der Waals surface area contributed by atoms with Gasteiger partial charge in [0.1, 0.15) is 17.7 Å². The fourth-order valence-electron chi connectivity index (χ4n) is 4.29. The topological polar surface area (TPSA) is 101 Å². The maximum atomic E-state index is 11.8. The molecular formula is C22H26N6O2. The first-order valence-electron chi connectivity index (χ1n) is 10.4. The zero-order chi connectivity index (χ0) is 20.9. The molecule has 3 heterocycles. The van der Waals surface area contributed by atoms with Crippen LogP contribution in [0.4, 0.5) is 5.82 Å². The van der Waals surface area contributed by atoms with Crippen LogP contribution >= 0.6 is 0 Å². The Morgan fingerprint density at radius 1 is 1.17 bits per heavy atom. The molecule has 3 aromatic rings. The van der Waals surface area contributed by atoms with Gasteiger partial charge in [0.15, 0.2) is 5.58 Å². The van der Waals surface area contributed by atoms with Gasteiger partial charge in [-0.15, -0.1) is 0 Å². The Kier molecular flexibility index (Phi) is 4.47. The van der Waals surface area contributed by atoms with Crippen LogP contribution in [0.5, 0.6) is 0 Å². The Hall–Kier alpha value is -3.00. The molecule has 2 fully saturated rings. The molecule has 156 valence electrons. The summed E-state index contributed by atoms with van der Waals surface area (Å²) >= 11 is 0. The van der Waals surface area contributed by atoms with Gasteiger partial charge >= 0.3 is 0 Å². The van der Waals surface area contributed by atoms with Gasteiger partial charge in [-0.3, -0.25) is 9.69 Å². The number of piperazine rings is 1. The van der Waals surface area contributed by atoms with Crippen molar-refractivity contribution in [3.63, 3.8) is 0 Å². The summed E-state index contributed by atoms with van der Waals surface area (Å²) < 4.78 is 6.02. The summed E-state index contributed by atoms with van der Waals surface area (Å²) in [7, 11) is 0. The van der Waals surface area contributed by atoms with E-state index < -0.39 is 5.41 Å². The van der Waals surface area contributed by atoms with E-state index in [9.17, 15) is 4.79 Å². The number of oxazole rings is 1. The van der Waals surface area contributed by atoms with E-state index in [1.807, 2.05) is 25.1 Å². The van der Waals surface area contributed by atoms with Crippen molar-refractivity contribution in [2.45, 2.75) is 38.6 Å². The molecule has 8 heteroatoms. The maximum Gasteiger partial charge on any atom is 0.228 e. The van der Waals surface area contributed by atoms with Crippen molar-refractivity contribution in [2.24, 2.45) is 5.73 Å². The summed E-state index contributed by atoms with van der Waals surface area (Å²) in [4.78, 5) is 29.9. The van der Waals surface area contributed by atoms with Gasteiger partial charge in [0.05, 0.1) is 12.0 Å². The second-order valence-electron chi connectivity index (χ2n) is 8.41. The van der Waals surface area contributed by atoms with Crippen LogP contribution in [-0.2, 0) is 16.8 Å². The Labute approximate surface area is 175 Å². The number of nitrogens with zero attached hydrogens (tertiary/aromatic N) is 5. The first-order valence-corrected chi connectivity index (χ1v) is 10.4. The predicted octanol–water partition coefficient (Wildman–Crippen LogP) is 2.07. The Morgan fingerprint density at radius 3 is 2.63 bits per heavy atom. The summed E-state index contributed by atoms with van der Waals surface area (Å²) in [5, 5.41) is 0. The molecule has 0 bridgehead atoms. The fourth-order valence-corrected chi connectivity index (χ4v) is 4.29. The van der Waals surface area contributed by atoms with Gasteiger partial charge in [-0.25, -0.2) is 15.0 Å². The number of rotatable bonds is 5. The Balaban J connectivity index is 1.27. The minimum atomic E-state index is -0.505. The summed E-state index contributed by atoms with van der Waals surface area (Å²) in [6, 6.07) is 5.82. The number of nitrogens with two attached hydrogens (primary N) is 1. The standard InChI is InChI=1S/C22H26N6O2/c1-14-15(2)24-13-25-20(14)28-9-7-27(8-10-28)12-19-26-17-4-3-16(11-18(17)30-19)22(5-6-22)21(23)29/h3-4,11,13H,5-10,12H2,1-2H3,(H2,23,29). The number of hydrogen-bond acceptors (Lipinski definition) is 7. The van der Waals surface area contributed by atoms with E-state index in [0.717, 1.165) is 72.8 Å². The first-order chi connectivity index (χ1) is 14.5. The summed E-state index contributed by atoms with van der Waals surface area (Å²) in [5.74, 6) is 1.47. The third-order valence-corrected chi connectivity index (χ3v) is 6.55. The molecule has 2 N–H and O–H groups in total. The molecule has 0 radical (unpaired) electrons. The van der Waals surface area contributed by atoms with Crippen LogP contribution in [0.15, 0.2) is 28.9 Å². The molecule has 1 aliphatic heterocycles. The monoisotopic (exact) mass is 406 g/mol. The first kappa shape index (κ1) is 19.0. The summed E-state index contributed by atoms with van der Waals surface area (Å²) in [5.41, 5.74) is 9.75. The van der Waals surface area contributed by atoms with E-state index in [4.69, 9.17) is 10.2 Å². The molecule has 0 atom stereocenters. The van der Waals surface area contributed by atoms with Crippen molar-refractivity contribution >= 4 is 22.8 Å². The molecule has 8 nitrogen and oxygen atoms in total. The molecule has 1 saturated carbocycles. The SMILES string of the molecule is Cc1ncnc(N2CCN(Cc3nc4ccc(C5(C(N)=O)CC5)cc4o3)CC2)c1C. The van der Waals surface area contributed by atoms with Gasteiger partial charge in [0.2, 0.25) is 11.8 Å². The quantitative estimate of drug-likeness (QED) is 0.692. The molecule has 1 amide bonds. The van der Waals surface area contributed by atoms with Crippen LogP contribution in [0.2, 0.25) is 0 Å². The molecule has 1 saturated heterocycles. The number of aryl methyl sites for hydroxylation is 1. The number of hydrogen-bond donors (Lipinski definition) is 1. The van der Waals surface area contributed by atoms with Crippen molar-refractivity contribution in [2.75, 3.05) is 31.1 Å². The van der Waals surface area contributed by atoms with Crippen molar-refractivity contribution in [1.82, 2.24) is 19.9 Å². The van der Waals surface area contributed by atoms with Crippen LogP contribution < -0.4 is 10.6 Å². The largest absolute Gasteiger partial charge is 0.439 e. The zero-order valence-electron chi connectivity index (χ0n) is 17.4. The van der Waals surface area contributed by atoms with E-state index in [0.29, 0.717) is 12.4 Å². The third-order valence-electron chi connectivity index (χ3n) is 6.55. The van der Waals surface area contributed by atoms with E-state index in [2.05, 4.69) is 31.7 Å². The van der Waals surface area contributed by atoms with Crippen molar-refractivity contribution in [1.29, 1.82) is 0 Å². The van der Waals surface area contributed by atoms with Crippen LogP contribution in [-0.4, -0.2) is 51.9 Å². The van der Waals surface area contributed by atoms with Gasteiger partial charge in [-0.2, -0.15) is 0 Å². The van der Waals surface area contributed by atoms with Crippen LogP contribution in [0.3, 0.4) is 0 Å². The number of carbonyl (C=O) groups excluding carboxylic acids is 1. The van der Waals surface area contributed by atoms with Crippen LogP contribution in [0.1, 0.15) is 35.6 Å². The lowest BCUT2D eigenvalue weighted by Crippen LogP contribution is -2.46. The lowest BCUT2D eigenvalue weighted by molar-refractivity contribution is -0.120. The fraction of sp³-hybridized carbons (Fsp3) is 0.455. The minimum absolute atomic E-state index is 0.256. The van der Waals surface area contributed by atoms with Crippen molar-refractivity contribution < 1.29 is 9.21 Å². The normalized spacial score (nSPS) is 18.7. The van der Waals surface area contributed by atoms with E-state index in [1.54, 1.807) is 6.33 Å². The lowest BCUT2D eigenvalue weighted by atomic mass is 9.95. The average molecular weight is 406 g/mol. The number of fused-ring (bicyclic) bond motifs is 1. The molecule has 1 aliphatic carbocycles. The van der Waals surface area contributed by atoms with Gasteiger partial charge in [-0.05, 0) is 44.4 Å². The van der Waals surface area contributed by atoms with Crippen molar-refractivity contribution in [3.8, 4) is 0 Å². The average Bonchev–Trinajstić information content (AvgIpc) is 3.46. The van der Waals surface area contributed by atoms with Crippen LogP contribution in [0, 0.1) is 13.8 Å². The van der Waals surface area contributed by atoms with Gasteiger partial charge in [0.25, 0.3) is 0 Å². The molecule has 2 aliphatic rings. The number of primary amides is 1. The highest BCUT2D eigenvalue weighted by Crippen LogP contribution is 2.48. The number of benzene rings is 1. The molecule has 2 aromatic heterocycles. The highest BCUT2D eigenvalue weighted by molar-refractivity contribution is 5.91. The molecular weight excluding hydrogens is 380 g/mol. The summed E-state index contributed by atoms with van der Waals surface area (Å²) in [6.07, 6.45) is 3.26. The van der Waals surface area contributed by atoms with Gasteiger partial charge in [-0.1, -0.05) is 6.07 Å². The number of carbonyl (C=O) groups is 1. The van der Waals surface area contributed by atoms with Gasteiger partial charge < -0.3 is 15.1 Å². The minimum Gasteiger partial charge on any atom is -0.439 e. The predicted molar refractivity (Wildman–Crippen MR) is 113 cm³/mol. The second-order valence-corrected chi connectivity index (χ2v) is 8.41. The molecule has 1 aromatic carbocycles. The van der Waals surface area contributed by atoms with E-state index in [-0.39, 0.29) is 5.91 Å². The molecule has 5 rings (SSSR count). The molecule has 0 unspecified atom stereocenters. The van der Waals surface area contributed by atoms with E-state index >= 15 is 0 Å². The van der Waals surface area contributed by atoms with E-state index in [1.165, 1.54) is 0 Å². The number of amides is 1. The van der Waals surface area contributed by atoms with Crippen molar-refractivity contribution in [3.05, 3.63) is 47.2 Å². The Morgan fingerprint density at radius 2 is 1.93 bits per heavy atom. The summed E-state index contributed by atoms with van der Waals surface area (Å²) in [6.45, 7) is 8.40. The smallest absolute Gasteiger partial charge is 0.228 e. The van der Waals surface area contributed by atoms with Gasteiger partial charge in [0, 0.05) is 37.4 Å². The molecule has 30 heavy (non-hydrogen) atoms. The number of anilines is 1. The highest BCUT2D eigenvalue weighted by Gasteiger charge is 2.50. The highest BCUT2D eigenvalue weighted by atomic mass is 16.3. The molecule has 0 spiro atoms. The second kappa shape index (κ2) is 7.05. The number of aromatic nitrogens is 3. The maximum absolute atomic E-state index is 11.8. The lowest BCUT2D eigenvalue weighted by Gasteiger charge is -2.35. The zero-order valence-corrected chi connectivity index (χ0v) is 17.4. The third kappa shape index (κ3) is 3.21. The van der Waals surface area contributed by atoms with Crippen LogP contribution in [0.25, 0.3) is 11.1 Å². The Bertz CT molecular complexity index is 1110.